The second-order valence-electron chi connectivity index (χ2n) is 6.68. The van der Waals surface area contributed by atoms with Crippen LogP contribution in [0.1, 0.15) is 22.0 Å². The third-order valence-corrected chi connectivity index (χ3v) is 5.47. The smallest absolute Gasteiger partial charge is 0.343 e. The minimum absolute atomic E-state index is 0.0629. The molecule has 0 spiro atoms. The van der Waals surface area contributed by atoms with E-state index < -0.39 is 17.8 Å². The van der Waals surface area contributed by atoms with Crippen molar-refractivity contribution in [2.45, 2.75) is 12.7 Å². The van der Waals surface area contributed by atoms with Crippen molar-refractivity contribution in [1.82, 2.24) is 29.9 Å². The number of nitrogens with one attached hydrogen (secondary N) is 2. The SMILES string of the molecule is O=C(NCc1nc2ccccc2[nH]1)c1cc2nc(-c3cccs3)cc(C(F)(F)F)n2n1. The number of aromatic amines is 1. The van der Waals surface area contributed by atoms with Gasteiger partial charge in [0.1, 0.15) is 5.82 Å². The highest BCUT2D eigenvalue weighted by Crippen LogP contribution is 2.33. The summed E-state index contributed by atoms with van der Waals surface area (Å²) in [7, 11) is 0. The Balaban J connectivity index is 1.46. The minimum atomic E-state index is -4.67. The molecule has 0 saturated carbocycles. The molecule has 0 aliphatic carbocycles. The molecule has 0 radical (unpaired) electrons. The number of imidazole rings is 1. The fraction of sp³-hybridized carbons (Fsp3) is 0.100. The molecule has 0 unspecified atom stereocenters. The fourth-order valence-electron chi connectivity index (χ4n) is 3.18. The molecule has 0 fully saturated rings. The van der Waals surface area contributed by atoms with E-state index in [-0.39, 0.29) is 23.6 Å². The first kappa shape index (κ1) is 19.2. The monoisotopic (exact) mass is 442 g/mol. The number of carbonyl (C=O) groups excluding carboxylic acids is 1. The molecule has 0 aliphatic rings. The predicted octanol–water partition coefficient (Wildman–Crippen LogP) is 4.28. The van der Waals surface area contributed by atoms with Gasteiger partial charge in [-0.15, -0.1) is 11.3 Å². The van der Waals surface area contributed by atoms with Crippen LogP contribution in [0.25, 0.3) is 27.3 Å². The molecule has 31 heavy (non-hydrogen) atoms. The van der Waals surface area contributed by atoms with Crippen LogP contribution >= 0.6 is 11.3 Å². The first-order valence-corrected chi connectivity index (χ1v) is 10.0. The summed E-state index contributed by atoms with van der Waals surface area (Å²) in [5.74, 6) is -0.107. The zero-order valence-corrected chi connectivity index (χ0v) is 16.5. The average molecular weight is 442 g/mol. The van der Waals surface area contributed by atoms with Crippen LogP contribution in [0.2, 0.25) is 0 Å². The summed E-state index contributed by atoms with van der Waals surface area (Å²) in [5, 5.41) is 8.23. The quantitative estimate of drug-likeness (QED) is 0.435. The Kier molecular flexibility index (Phi) is 4.47. The van der Waals surface area contributed by atoms with E-state index in [9.17, 15) is 18.0 Å². The number of nitrogens with zero attached hydrogens (tertiary/aromatic N) is 4. The highest BCUT2D eigenvalue weighted by atomic mass is 32.1. The first-order chi connectivity index (χ1) is 14.9. The van der Waals surface area contributed by atoms with Gasteiger partial charge in [0.15, 0.2) is 17.0 Å². The molecule has 4 aromatic heterocycles. The van der Waals surface area contributed by atoms with Gasteiger partial charge in [-0.3, -0.25) is 4.79 Å². The number of carbonyl (C=O) groups is 1. The summed E-state index contributed by atoms with van der Waals surface area (Å²) >= 11 is 1.28. The summed E-state index contributed by atoms with van der Waals surface area (Å²) in [6, 6.07) is 13.0. The number of hydrogen-bond acceptors (Lipinski definition) is 5. The molecule has 0 saturated heterocycles. The van der Waals surface area contributed by atoms with Crippen LogP contribution in [0.5, 0.6) is 0 Å². The van der Waals surface area contributed by atoms with Gasteiger partial charge in [-0.1, -0.05) is 18.2 Å². The number of alkyl halides is 3. The Morgan fingerprint density at radius 3 is 2.71 bits per heavy atom. The number of benzene rings is 1. The number of H-pyrrole nitrogens is 1. The van der Waals surface area contributed by atoms with Gasteiger partial charge in [-0.05, 0) is 29.6 Å². The lowest BCUT2D eigenvalue weighted by molar-refractivity contribution is -0.142. The second kappa shape index (κ2) is 7.20. The van der Waals surface area contributed by atoms with E-state index in [4.69, 9.17) is 0 Å². The highest BCUT2D eigenvalue weighted by molar-refractivity contribution is 7.13. The van der Waals surface area contributed by atoms with Crippen LogP contribution in [0.15, 0.2) is 53.9 Å². The molecule has 2 N–H and O–H groups in total. The van der Waals surface area contributed by atoms with Gasteiger partial charge >= 0.3 is 6.18 Å². The molecular weight excluding hydrogens is 429 g/mol. The summed E-state index contributed by atoms with van der Waals surface area (Å²) < 4.78 is 41.5. The Morgan fingerprint density at radius 1 is 1.13 bits per heavy atom. The second-order valence-corrected chi connectivity index (χ2v) is 7.63. The van der Waals surface area contributed by atoms with E-state index in [2.05, 4.69) is 25.4 Å². The molecule has 156 valence electrons. The molecule has 1 amide bonds. The number of amides is 1. The Bertz CT molecular complexity index is 1370. The number of rotatable bonds is 4. The molecule has 0 aliphatic heterocycles. The van der Waals surface area contributed by atoms with Gasteiger partial charge in [0.25, 0.3) is 5.91 Å². The zero-order valence-electron chi connectivity index (χ0n) is 15.6. The maximum Gasteiger partial charge on any atom is 0.433 e. The Labute approximate surface area is 176 Å². The van der Waals surface area contributed by atoms with Gasteiger partial charge in [0, 0.05) is 6.07 Å². The molecule has 5 rings (SSSR count). The highest BCUT2D eigenvalue weighted by Gasteiger charge is 2.35. The predicted molar refractivity (Wildman–Crippen MR) is 109 cm³/mol. The van der Waals surface area contributed by atoms with Crippen LogP contribution in [0.4, 0.5) is 13.2 Å². The number of fused-ring (bicyclic) bond motifs is 2. The normalized spacial score (nSPS) is 12.0. The summed E-state index contributed by atoms with van der Waals surface area (Å²) in [6.45, 7) is 0.0708. The number of thiophene rings is 1. The van der Waals surface area contributed by atoms with E-state index >= 15 is 0 Å². The van der Waals surface area contributed by atoms with Gasteiger partial charge in [0.05, 0.1) is 28.1 Å². The van der Waals surface area contributed by atoms with Crippen LogP contribution in [0.3, 0.4) is 0 Å². The van der Waals surface area contributed by atoms with Crippen molar-refractivity contribution in [3.8, 4) is 10.6 Å². The molecule has 1 aromatic carbocycles. The summed E-state index contributed by atoms with van der Waals surface area (Å²) in [4.78, 5) is 24.8. The van der Waals surface area contributed by atoms with E-state index in [0.29, 0.717) is 15.2 Å². The van der Waals surface area contributed by atoms with Crippen LogP contribution in [-0.4, -0.2) is 30.5 Å². The van der Waals surface area contributed by atoms with E-state index in [1.165, 1.54) is 17.4 Å². The van der Waals surface area contributed by atoms with Gasteiger partial charge in [0.2, 0.25) is 0 Å². The zero-order chi connectivity index (χ0) is 21.6. The lowest BCUT2D eigenvalue weighted by Gasteiger charge is -2.10. The van der Waals surface area contributed by atoms with Crippen molar-refractivity contribution in [3.05, 3.63) is 71.1 Å². The molecule has 0 bridgehead atoms. The van der Waals surface area contributed by atoms with Crippen molar-refractivity contribution < 1.29 is 18.0 Å². The number of aromatic nitrogens is 5. The first-order valence-electron chi connectivity index (χ1n) is 9.12. The Hall–Kier alpha value is -3.73. The molecule has 5 aromatic rings. The fourth-order valence-corrected chi connectivity index (χ4v) is 3.87. The summed E-state index contributed by atoms with van der Waals surface area (Å²) in [6.07, 6.45) is -4.67. The van der Waals surface area contributed by atoms with Crippen LogP contribution < -0.4 is 5.32 Å². The average Bonchev–Trinajstić information content (AvgIpc) is 3.49. The third kappa shape index (κ3) is 3.63. The largest absolute Gasteiger partial charge is 0.433 e. The standard InChI is InChI=1S/C20H13F3N6OS/c21-20(22,23)16-8-13(15-6-3-7-31-15)27-18-9-14(28-29(16)18)19(30)24-10-17-25-11-4-1-2-5-12(11)26-17/h1-9H,10H2,(H,24,30)(H,25,26). The van der Waals surface area contributed by atoms with Crippen LogP contribution in [-0.2, 0) is 12.7 Å². The van der Waals surface area contributed by atoms with E-state index in [1.54, 1.807) is 17.5 Å². The molecular formula is C20H13F3N6OS. The van der Waals surface area contributed by atoms with Crippen molar-refractivity contribution in [2.75, 3.05) is 0 Å². The minimum Gasteiger partial charge on any atom is -0.343 e. The number of halogens is 3. The van der Waals surface area contributed by atoms with Crippen LogP contribution in [0, 0.1) is 0 Å². The molecule has 0 atom stereocenters. The van der Waals surface area contributed by atoms with Gasteiger partial charge in [-0.25, -0.2) is 14.5 Å². The number of para-hydroxylation sites is 2. The van der Waals surface area contributed by atoms with Crippen molar-refractivity contribution in [2.24, 2.45) is 0 Å². The van der Waals surface area contributed by atoms with Crippen molar-refractivity contribution in [1.29, 1.82) is 0 Å². The van der Waals surface area contributed by atoms with E-state index in [1.807, 2.05) is 24.3 Å². The number of hydrogen-bond donors (Lipinski definition) is 2. The summed E-state index contributed by atoms with van der Waals surface area (Å²) in [5.41, 5.74) is 0.505. The van der Waals surface area contributed by atoms with Gasteiger partial charge in [-0.2, -0.15) is 18.3 Å². The van der Waals surface area contributed by atoms with Crippen molar-refractivity contribution >= 4 is 33.9 Å². The van der Waals surface area contributed by atoms with Crippen molar-refractivity contribution in [3.63, 3.8) is 0 Å². The molecule has 11 heteroatoms. The molecule has 4 heterocycles. The Morgan fingerprint density at radius 2 is 1.97 bits per heavy atom. The van der Waals surface area contributed by atoms with Gasteiger partial charge < -0.3 is 10.3 Å². The van der Waals surface area contributed by atoms with E-state index in [0.717, 1.165) is 17.1 Å². The molecule has 7 nitrogen and oxygen atoms in total. The third-order valence-electron chi connectivity index (χ3n) is 4.58. The lowest BCUT2D eigenvalue weighted by Crippen LogP contribution is -2.24. The lowest BCUT2D eigenvalue weighted by atomic mass is 10.2. The topological polar surface area (TPSA) is 88.0 Å². The maximum absolute atomic E-state index is 13.6. The maximum atomic E-state index is 13.6.